The number of amides is 1. The van der Waals surface area contributed by atoms with Crippen molar-refractivity contribution in [2.24, 2.45) is 0 Å². The summed E-state index contributed by atoms with van der Waals surface area (Å²) in [6, 6.07) is 16.9. The number of nitrogens with zero attached hydrogens (tertiary/aromatic N) is 2. The third kappa shape index (κ3) is 5.32. The number of pyridine rings is 2. The highest BCUT2D eigenvalue weighted by molar-refractivity contribution is 7.99. The molecule has 2 heterocycles. The first kappa shape index (κ1) is 17.9. The predicted molar refractivity (Wildman–Crippen MR) is 103 cm³/mol. The molecule has 6 heteroatoms. The van der Waals surface area contributed by atoms with E-state index in [1.807, 2.05) is 55.5 Å². The Balaban J connectivity index is 1.59. The lowest BCUT2D eigenvalue weighted by Gasteiger charge is -2.08. The average Bonchev–Trinajstić information content (AvgIpc) is 2.65. The fourth-order valence-electron chi connectivity index (χ4n) is 2.32. The standard InChI is InChI=1S/C20H19N3O2S/c1-2-25-17-8-6-15(7-9-17)13-18(24)23-16-10-12-22-20(14-16)26-19-5-3-4-11-21-19/h3-12,14H,2,13H2,1H3,(H,22,23,24). The molecule has 1 amide bonds. The second kappa shape index (κ2) is 9.01. The number of hydrogen-bond acceptors (Lipinski definition) is 5. The SMILES string of the molecule is CCOc1ccc(CC(=O)Nc2ccnc(Sc3ccccn3)c2)cc1. The highest BCUT2D eigenvalue weighted by atomic mass is 32.2. The summed E-state index contributed by atoms with van der Waals surface area (Å²) in [4.78, 5) is 20.9. The van der Waals surface area contributed by atoms with E-state index in [0.717, 1.165) is 27.1 Å². The van der Waals surface area contributed by atoms with Crippen LogP contribution in [0.25, 0.3) is 0 Å². The molecule has 5 nitrogen and oxygen atoms in total. The van der Waals surface area contributed by atoms with E-state index in [9.17, 15) is 4.79 Å². The van der Waals surface area contributed by atoms with Crippen molar-refractivity contribution >= 4 is 23.4 Å². The van der Waals surface area contributed by atoms with Crippen molar-refractivity contribution in [3.8, 4) is 5.75 Å². The molecule has 0 bridgehead atoms. The maximum Gasteiger partial charge on any atom is 0.228 e. The molecular formula is C20H19N3O2S. The molecule has 2 aromatic heterocycles. The molecule has 3 aromatic rings. The van der Waals surface area contributed by atoms with Crippen molar-refractivity contribution in [2.45, 2.75) is 23.4 Å². The van der Waals surface area contributed by atoms with E-state index >= 15 is 0 Å². The van der Waals surface area contributed by atoms with Gasteiger partial charge in [-0.3, -0.25) is 4.79 Å². The number of carbonyl (C=O) groups is 1. The maximum absolute atomic E-state index is 12.3. The molecule has 3 rings (SSSR count). The maximum atomic E-state index is 12.3. The number of ether oxygens (including phenoxy) is 1. The molecule has 0 fully saturated rings. The first-order chi connectivity index (χ1) is 12.7. The van der Waals surface area contributed by atoms with Gasteiger partial charge >= 0.3 is 0 Å². The zero-order valence-electron chi connectivity index (χ0n) is 14.4. The summed E-state index contributed by atoms with van der Waals surface area (Å²) in [6.45, 7) is 2.57. The molecule has 1 N–H and O–H groups in total. The van der Waals surface area contributed by atoms with Gasteiger partial charge in [0.2, 0.25) is 5.91 Å². The van der Waals surface area contributed by atoms with Gasteiger partial charge in [-0.25, -0.2) is 9.97 Å². The fourth-order valence-corrected chi connectivity index (χ4v) is 3.09. The molecule has 0 saturated heterocycles. The van der Waals surface area contributed by atoms with Crippen LogP contribution in [0.4, 0.5) is 5.69 Å². The van der Waals surface area contributed by atoms with Crippen LogP contribution in [-0.2, 0) is 11.2 Å². The third-order valence-electron chi connectivity index (χ3n) is 3.46. The Morgan fingerprint density at radius 1 is 1.04 bits per heavy atom. The normalized spacial score (nSPS) is 10.3. The summed E-state index contributed by atoms with van der Waals surface area (Å²) in [5, 5.41) is 4.55. The molecule has 0 aliphatic carbocycles. The van der Waals surface area contributed by atoms with Gasteiger partial charge < -0.3 is 10.1 Å². The monoisotopic (exact) mass is 365 g/mol. The van der Waals surface area contributed by atoms with Crippen LogP contribution >= 0.6 is 11.8 Å². The first-order valence-electron chi connectivity index (χ1n) is 8.29. The Morgan fingerprint density at radius 3 is 2.58 bits per heavy atom. The molecular weight excluding hydrogens is 346 g/mol. The van der Waals surface area contributed by atoms with E-state index < -0.39 is 0 Å². The third-order valence-corrected chi connectivity index (χ3v) is 4.35. The number of rotatable bonds is 7. The molecule has 26 heavy (non-hydrogen) atoms. The van der Waals surface area contributed by atoms with Gasteiger partial charge in [-0.05, 0) is 48.9 Å². The van der Waals surface area contributed by atoms with E-state index in [2.05, 4.69) is 15.3 Å². The summed E-state index contributed by atoms with van der Waals surface area (Å²) in [5.41, 5.74) is 1.65. The van der Waals surface area contributed by atoms with Crippen molar-refractivity contribution in [2.75, 3.05) is 11.9 Å². The van der Waals surface area contributed by atoms with Gasteiger partial charge in [-0.1, -0.05) is 30.0 Å². The minimum atomic E-state index is -0.0749. The predicted octanol–water partition coefficient (Wildman–Crippen LogP) is 4.21. The smallest absolute Gasteiger partial charge is 0.228 e. The summed E-state index contributed by atoms with van der Waals surface area (Å²) >= 11 is 1.45. The molecule has 0 aliphatic rings. The topological polar surface area (TPSA) is 64.1 Å². The van der Waals surface area contributed by atoms with E-state index in [4.69, 9.17) is 4.74 Å². The number of hydrogen-bond donors (Lipinski definition) is 1. The Bertz CT molecular complexity index is 854. The lowest BCUT2D eigenvalue weighted by molar-refractivity contribution is -0.115. The zero-order chi connectivity index (χ0) is 18.2. The summed E-state index contributed by atoms with van der Waals surface area (Å²) < 4.78 is 5.41. The van der Waals surface area contributed by atoms with Crippen LogP contribution in [0.5, 0.6) is 5.75 Å². The van der Waals surface area contributed by atoms with Gasteiger partial charge in [0.15, 0.2) is 0 Å². The Hall–Kier alpha value is -2.86. The van der Waals surface area contributed by atoms with Gasteiger partial charge in [0.05, 0.1) is 13.0 Å². The van der Waals surface area contributed by atoms with Gasteiger partial charge in [-0.15, -0.1) is 0 Å². The lowest BCUT2D eigenvalue weighted by atomic mass is 10.1. The second-order valence-corrected chi connectivity index (χ2v) is 6.50. The second-order valence-electron chi connectivity index (χ2n) is 5.45. The van der Waals surface area contributed by atoms with Gasteiger partial charge in [0.25, 0.3) is 0 Å². The van der Waals surface area contributed by atoms with E-state index in [1.165, 1.54) is 11.8 Å². The molecule has 0 atom stereocenters. The van der Waals surface area contributed by atoms with Crippen molar-refractivity contribution < 1.29 is 9.53 Å². The first-order valence-corrected chi connectivity index (χ1v) is 9.11. The lowest BCUT2D eigenvalue weighted by Crippen LogP contribution is -2.14. The van der Waals surface area contributed by atoms with Crippen LogP contribution in [0.3, 0.4) is 0 Å². The number of carbonyl (C=O) groups excluding carboxylic acids is 1. The fraction of sp³-hybridized carbons (Fsp3) is 0.150. The van der Waals surface area contributed by atoms with Crippen molar-refractivity contribution in [3.63, 3.8) is 0 Å². The molecule has 1 aromatic carbocycles. The average molecular weight is 365 g/mol. The molecule has 0 unspecified atom stereocenters. The van der Waals surface area contributed by atoms with Gasteiger partial charge in [0, 0.05) is 18.1 Å². The summed E-state index contributed by atoms with van der Waals surface area (Å²) in [6.07, 6.45) is 3.72. The van der Waals surface area contributed by atoms with Crippen LogP contribution in [-0.4, -0.2) is 22.5 Å². The van der Waals surface area contributed by atoms with Crippen molar-refractivity contribution in [1.82, 2.24) is 9.97 Å². The molecule has 0 radical (unpaired) electrons. The minimum Gasteiger partial charge on any atom is -0.494 e. The van der Waals surface area contributed by atoms with Gasteiger partial charge in [-0.2, -0.15) is 0 Å². The van der Waals surface area contributed by atoms with Crippen LogP contribution in [0.2, 0.25) is 0 Å². The van der Waals surface area contributed by atoms with Crippen LogP contribution in [0, 0.1) is 0 Å². The molecule has 0 spiro atoms. The quantitative estimate of drug-likeness (QED) is 0.679. The number of benzene rings is 1. The molecule has 132 valence electrons. The number of aromatic nitrogens is 2. The number of anilines is 1. The van der Waals surface area contributed by atoms with Gasteiger partial charge in [0.1, 0.15) is 15.8 Å². The van der Waals surface area contributed by atoms with Crippen molar-refractivity contribution in [1.29, 1.82) is 0 Å². The highest BCUT2D eigenvalue weighted by Crippen LogP contribution is 2.25. The Kier molecular flexibility index (Phi) is 6.22. The Morgan fingerprint density at radius 2 is 1.85 bits per heavy atom. The van der Waals surface area contributed by atoms with Crippen molar-refractivity contribution in [3.05, 3.63) is 72.6 Å². The number of nitrogens with one attached hydrogen (secondary N) is 1. The van der Waals surface area contributed by atoms with E-state index in [1.54, 1.807) is 18.5 Å². The highest BCUT2D eigenvalue weighted by Gasteiger charge is 2.07. The molecule has 0 aliphatic heterocycles. The van der Waals surface area contributed by atoms with E-state index in [-0.39, 0.29) is 5.91 Å². The largest absolute Gasteiger partial charge is 0.494 e. The zero-order valence-corrected chi connectivity index (χ0v) is 15.2. The van der Waals surface area contributed by atoms with Crippen LogP contribution in [0.1, 0.15) is 12.5 Å². The molecule has 0 saturated carbocycles. The Labute approximate surface area is 156 Å². The minimum absolute atomic E-state index is 0.0749. The summed E-state index contributed by atoms with van der Waals surface area (Å²) in [5.74, 6) is 0.733. The van der Waals surface area contributed by atoms with Crippen LogP contribution < -0.4 is 10.1 Å². The van der Waals surface area contributed by atoms with Crippen LogP contribution in [0.15, 0.2) is 77.0 Å². The summed E-state index contributed by atoms with van der Waals surface area (Å²) in [7, 11) is 0. The van der Waals surface area contributed by atoms with E-state index in [0.29, 0.717) is 13.0 Å².